The topological polar surface area (TPSA) is 82.3 Å². The van der Waals surface area contributed by atoms with Gasteiger partial charge in [-0.3, -0.25) is 9.69 Å². The second-order valence-corrected chi connectivity index (χ2v) is 9.29. The number of hydrogen-bond acceptors (Lipinski definition) is 7. The van der Waals surface area contributed by atoms with Crippen molar-refractivity contribution in [1.82, 2.24) is 25.0 Å². The maximum absolute atomic E-state index is 12.9. The summed E-state index contributed by atoms with van der Waals surface area (Å²) in [7, 11) is 0. The van der Waals surface area contributed by atoms with E-state index in [9.17, 15) is 4.79 Å². The van der Waals surface area contributed by atoms with E-state index in [-0.39, 0.29) is 12.4 Å². The van der Waals surface area contributed by atoms with E-state index in [2.05, 4.69) is 38.8 Å². The number of morpholine rings is 1. The first kappa shape index (κ1) is 25.7. The lowest BCUT2D eigenvalue weighted by molar-refractivity contribution is 0.0357. The molecule has 0 spiro atoms. The zero-order valence-electron chi connectivity index (χ0n) is 20.8. The Balaban J connectivity index is 1.45. The van der Waals surface area contributed by atoms with Crippen LogP contribution in [-0.4, -0.2) is 97.2 Å². The van der Waals surface area contributed by atoms with Gasteiger partial charge in [-0.15, -0.1) is 0 Å². The molecule has 192 valence electrons. The average molecular weight is 504 g/mol. The smallest absolute Gasteiger partial charge is 0.253 e. The lowest BCUT2D eigenvalue weighted by atomic mass is 10.1. The first-order chi connectivity index (χ1) is 17.1. The maximum atomic E-state index is 12.9. The van der Waals surface area contributed by atoms with Crippen molar-refractivity contribution >= 4 is 28.2 Å². The lowest BCUT2D eigenvalue weighted by Gasteiger charge is -2.31. The van der Waals surface area contributed by atoms with Gasteiger partial charge >= 0.3 is 0 Å². The molecule has 0 unspecified atom stereocenters. The second-order valence-electron chi connectivity index (χ2n) is 8.90. The lowest BCUT2D eigenvalue weighted by Crippen LogP contribution is -2.46. The summed E-state index contributed by atoms with van der Waals surface area (Å²) in [6.07, 6.45) is 1.02. The number of benzene rings is 1. The van der Waals surface area contributed by atoms with Crippen LogP contribution in [-0.2, 0) is 11.3 Å². The summed E-state index contributed by atoms with van der Waals surface area (Å²) in [4.78, 5) is 22.8. The number of aromatic nitrogens is 1. The molecule has 1 saturated heterocycles. The number of nitrogens with one attached hydrogen (secondary N) is 2. The number of ether oxygens (including phenoxy) is 3. The van der Waals surface area contributed by atoms with Crippen molar-refractivity contribution in [3.8, 4) is 11.5 Å². The molecule has 1 aromatic heterocycles. The molecule has 9 nitrogen and oxygen atoms in total. The number of nitrogens with zero attached hydrogens (tertiary/aromatic N) is 3. The van der Waals surface area contributed by atoms with E-state index in [0.717, 1.165) is 82.9 Å². The third-order valence-electron chi connectivity index (χ3n) is 6.67. The number of pyridine rings is 1. The van der Waals surface area contributed by atoms with Gasteiger partial charge in [-0.05, 0) is 50.4 Å². The van der Waals surface area contributed by atoms with Gasteiger partial charge in [0.2, 0.25) is 6.79 Å². The molecule has 2 aliphatic rings. The zero-order chi connectivity index (χ0) is 24.6. The van der Waals surface area contributed by atoms with Crippen LogP contribution in [0.25, 0.3) is 10.9 Å². The molecule has 10 heteroatoms. The van der Waals surface area contributed by atoms with Crippen LogP contribution in [0.5, 0.6) is 11.5 Å². The minimum absolute atomic E-state index is 0.114. The Morgan fingerprint density at radius 1 is 1.11 bits per heavy atom. The molecule has 0 atom stereocenters. The highest BCUT2D eigenvalue weighted by Gasteiger charge is 2.19. The monoisotopic (exact) mass is 503 g/mol. The fourth-order valence-electron chi connectivity index (χ4n) is 4.45. The van der Waals surface area contributed by atoms with Gasteiger partial charge < -0.3 is 34.3 Å². The Kier molecular flexibility index (Phi) is 9.19. The number of rotatable bonds is 11. The molecule has 2 aliphatic heterocycles. The first-order valence-electron chi connectivity index (χ1n) is 12.6. The Bertz CT molecular complexity index is 1050. The molecule has 1 aromatic carbocycles. The molecule has 0 radical (unpaired) electrons. The Hall–Kier alpha value is -2.40. The summed E-state index contributed by atoms with van der Waals surface area (Å²) in [6, 6.07) is 5.67. The fourth-order valence-corrected chi connectivity index (χ4v) is 4.71. The largest absolute Gasteiger partial charge is 0.454 e. The highest BCUT2D eigenvalue weighted by atomic mass is 32.1. The van der Waals surface area contributed by atoms with E-state index < -0.39 is 0 Å². The van der Waals surface area contributed by atoms with Gasteiger partial charge in [0.1, 0.15) is 0 Å². The van der Waals surface area contributed by atoms with Gasteiger partial charge in [-0.2, -0.15) is 0 Å². The number of hydrogen-bond donors (Lipinski definition) is 2. The number of H-pyrrole nitrogens is 1. The molecule has 35 heavy (non-hydrogen) atoms. The average Bonchev–Trinajstić information content (AvgIpc) is 3.33. The first-order valence-corrected chi connectivity index (χ1v) is 13.0. The number of aromatic amines is 1. The van der Waals surface area contributed by atoms with Crippen LogP contribution in [0.2, 0.25) is 0 Å². The molecule has 0 aliphatic carbocycles. The van der Waals surface area contributed by atoms with Crippen LogP contribution in [0.1, 0.15) is 25.8 Å². The predicted molar refractivity (Wildman–Crippen MR) is 141 cm³/mol. The van der Waals surface area contributed by atoms with Gasteiger partial charge in [-0.1, -0.05) is 13.8 Å². The van der Waals surface area contributed by atoms with Gasteiger partial charge in [0.15, 0.2) is 16.6 Å². The summed E-state index contributed by atoms with van der Waals surface area (Å²) >= 11 is 5.79. The van der Waals surface area contributed by atoms with Crippen LogP contribution < -0.4 is 20.3 Å². The molecule has 2 N–H and O–H groups in total. The molecule has 1 fully saturated rings. The van der Waals surface area contributed by atoms with E-state index in [4.69, 9.17) is 26.4 Å². The Morgan fingerprint density at radius 3 is 2.60 bits per heavy atom. The summed E-state index contributed by atoms with van der Waals surface area (Å²) < 4.78 is 16.4. The molecule has 0 amide bonds. The van der Waals surface area contributed by atoms with Crippen molar-refractivity contribution < 1.29 is 14.2 Å². The minimum atomic E-state index is -0.114. The van der Waals surface area contributed by atoms with Gasteiger partial charge in [0, 0.05) is 49.7 Å². The molecule has 0 saturated carbocycles. The van der Waals surface area contributed by atoms with Crippen LogP contribution in [0.3, 0.4) is 0 Å². The van der Waals surface area contributed by atoms with Crippen molar-refractivity contribution in [3.05, 3.63) is 34.1 Å². The van der Waals surface area contributed by atoms with E-state index in [0.29, 0.717) is 28.7 Å². The molecule has 2 aromatic rings. The van der Waals surface area contributed by atoms with E-state index >= 15 is 0 Å². The summed E-state index contributed by atoms with van der Waals surface area (Å²) in [6.45, 7) is 13.9. The normalized spacial score (nSPS) is 15.6. The van der Waals surface area contributed by atoms with Crippen molar-refractivity contribution in [2.24, 2.45) is 0 Å². The molecule has 0 bridgehead atoms. The highest BCUT2D eigenvalue weighted by molar-refractivity contribution is 7.80. The minimum Gasteiger partial charge on any atom is -0.454 e. The Labute approximate surface area is 212 Å². The van der Waals surface area contributed by atoms with Crippen molar-refractivity contribution in [2.75, 3.05) is 72.4 Å². The van der Waals surface area contributed by atoms with Crippen LogP contribution in [0.15, 0.2) is 23.0 Å². The van der Waals surface area contributed by atoms with Gasteiger partial charge in [-0.25, -0.2) is 0 Å². The third-order valence-corrected chi connectivity index (χ3v) is 7.08. The highest BCUT2D eigenvalue weighted by Crippen LogP contribution is 2.35. The van der Waals surface area contributed by atoms with Crippen molar-refractivity contribution in [2.45, 2.75) is 26.8 Å². The van der Waals surface area contributed by atoms with Gasteiger partial charge in [0.05, 0.1) is 25.3 Å². The second kappa shape index (κ2) is 12.5. The maximum Gasteiger partial charge on any atom is 0.253 e. The SMILES string of the molecule is CCN(CC)CCCNC(=S)N(CCN1CCOCC1)Cc1cc2cc3c(cc2[nH]c1=O)OCO3. The molecule has 3 heterocycles. The van der Waals surface area contributed by atoms with Crippen molar-refractivity contribution in [3.63, 3.8) is 0 Å². The van der Waals surface area contributed by atoms with Crippen molar-refractivity contribution in [1.29, 1.82) is 0 Å². The fraction of sp³-hybridized carbons (Fsp3) is 0.600. The number of fused-ring (bicyclic) bond motifs is 2. The molecular weight excluding hydrogens is 466 g/mol. The van der Waals surface area contributed by atoms with Crippen LogP contribution in [0, 0.1) is 0 Å². The standard InChI is InChI=1S/C25H37N5O4S/c1-3-28(4-2)7-5-6-26-25(35)30(9-8-29-10-12-32-13-11-29)17-20-14-19-15-22-23(34-18-33-22)16-21(19)27-24(20)31/h14-16H,3-13,17-18H2,1-2H3,(H,26,35)(H,27,31). The van der Waals surface area contributed by atoms with Gasteiger partial charge in [0.25, 0.3) is 5.56 Å². The molecular formula is C25H37N5O4S. The number of thiocarbonyl (C=S) groups is 1. The predicted octanol–water partition coefficient (Wildman–Crippen LogP) is 2.00. The zero-order valence-corrected chi connectivity index (χ0v) is 21.6. The molecule has 4 rings (SSSR count). The summed E-state index contributed by atoms with van der Waals surface area (Å²) in [5, 5.41) is 5.02. The summed E-state index contributed by atoms with van der Waals surface area (Å²) in [5.74, 6) is 1.35. The third kappa shape index (κ3) is 6.84. The van der Waals surface area contributed by atoms with E-state index in [1.807, 2.05) is 18.2 Å². The van der Waals surface area contributed by atoms with E-state index in [1.165, 1.54) is 0 Å². The van der Waals surface area contributed by atoms with Crippen LogP contribution in [0.4, 0.5) is 0 Å². The quantitative estimate of drug-likeness (QED) is 0.353. The summed E-state index contributed by atoms with van der Waals surface area (Å²) in [5.41, 5.74) is 1.29. The van der Waals surface area contributed by atoms with E-state index in [1.54, 1.807) is 0 Å². The Morgan fingerprint density at radius 2 is 1.86 bits per heavy atom. The van der Waals surface area contributed by atoms with Crippen LogP contribution >= 0.6 is 12.2 Å².